The number of carbonyl (C=O) groups is 1. The van der Waals surface area contributed by atoms with Gasteiger partial charge in [0.25, 0.3) is 0 Å². The van der Waals surface area contributed by atoms with Crippen molar-refractivity contribution in [2.24, 2.45) is 0 Å². The molecule has 0 unspecified atom stereocenters. The third-order valence-corrected chi connectivity index (χ3v) is 6.21. The molecule has 1 aliphatic rings. The third kappa shape index (κ3) is 5.18. The molecule has 6 nitrogen and oxygen atoms in total. The minimum absolute atomic E-state index is 0.141. The van der Waals surface area contributed by atoms with Crippen LogP contribution in [0.25, 0.3) is 0 Å². The summed E-state index contributed by atoms with van der Waals surface area (Å²) >= 11 is 0. The number of hydrogen-bond donors (Lipinski definition) is 0. The lowest BCUT2D eigenvalue weighted by Gasteiger charge is -2.36. The van der Waals surface area contributed by atoms with Gasteiger partial charge in [0, 0.05) is 25.1 Å². The Balaban J connectivity index is 1.67. The Hall–Kier alpha value is -3.51. The highest BCUT2D eigenvalue weighted by Gasteiger charge is 2.31. The number of benzene rings is 3. The van der Waals surface area contributed by atoms with Crippen molar-refractivity contribution in [2.45, 2.75) is 32.4 Å². The fourth-order valence-corrected chi connectivity index (χ4v) is 4.49. The number of fused-ring (bicyclic) bond motifs is 1. The second kappa shape index (κ2) is 10.6. The van der Waals surface area contributed by atoms with E-state index in [9.17, 15) is 4.79 Å². The highest BCUT2D eigenvalue weighted by molar-refractivity contribution is 5.69. The van der Waals surface area contributed by atoms with E-state index in [0.717, 1.165) is 41.8 Å². The smallest absolute Gasteiger partial charge is 0.308 e. The van der Waals surface area contributed by atoms with E-state index in [1.54, 1.807) is 14.2 Å². The van der Waals surface area contributed by atoms with Crippen LogP contribution < -0.4 is 18.9 Å². The molecule has 0 radical (unpaired) electrons. The van der Waals surface area contributed by atoms with Gasteiger partial charge < -0.3 is 18.9 Å². The van der Waals surface area contributed by atoms with Crippen LogP contribution >= 0.6 is 0 Å². The maximum atomic E-state index is 11.2. The Bertz CT molecular complexity index is 1130. The van der Waals surface area contributed by atoms with Gasteiger partial charge in [-0.1, -0.05) is 42.5 Å². The van der Waals surface area contributed by atoms with Gasteiger partial charge in [-0.3, -0.25) is 9.69 Å². The second-order valence-corrected chi connectivity index (χ2v) is 8.47. The van der Waals surface area contributed by atoms with Crippen molar-refractivity contribution in [3.63, 3.8) is 0 Å². The van der Waals surface area contributed by atoms with E-state index in [2.05, 4.69) is 30.1 Å². The summed E-state index contributed by atoms with van der Waals surface area (Å²) in [6.07, 6.45) is 1.66. The monoisotopic (exact) mass is 461 g/mol. The zero-order valence-electron chi connectivity index (χ0n) is 20.2. The molecule has 0 aliphatic carbocycles. The summed E-state index contributed by atoms with van der Waals surface area (Å²) in [7, 11) is 5.44. The van der Waals surface area contributed by atoms with Gasteiger partial charge in [-0.15, -0.1) is 0 Å². The molecule has 178 valence electrons. The molecule has 1 atom stereocenters. The van der Waals surface area contributed by atoms with Crippen molar-refractivity contribution in [3.8, 4) is 23.0 Å². The molecule has 0 spiro atoms. The van der Waals surface area contributed by atoms with Gasteiger partial charge in [-0.2, -0.15) is 0 Å². The quantitative estimate of drug-likeness (QED) is 0.348. The van der Waals surface area contributed by atoms with E-state index < -0.39 is 0 Å². The molecule has 0 N–H and O–H groups in total. The molecule has 3 aromatic rings. The number of likely N-dealkylation sites (N-methyl/N-ethyl adjacent to an activating group) is 1. The van der Waals surface area contributed by atoms with E-state index in [1.165, 1.54) is 12.5 Å². The molecule has 0 amide bonds. The number of carbonyl (C=O) groups excluding carboxylic acids is 1. The van der Waals surface area contributed by atoms with Crippen molar-refractivity contribution in [3.05, 3.63) is 82.9 Å². The summed E-state index contributed by atoms with van der Waals surface area (Å²) in [6, 6.07) is 20.0. The average Bonchev–Trinajstić information content (AvgIpc) is 2.85. The predicted molar refractivity (Wildman–Crippen MR) is 131 cm³/mol. The minimum Gasteiger partial charge on any atom is -0.493 e. The fraction of sp³-hybridized carbons (Fsp3) is 0.321. The topological polar surface area (TPSA) is 57.2 Å². The lowest BCUT2D eigenvalue weighted by molar-refractivity contribution is -0.131. The highest BCUT2D eigenvalue weighted by Crippen LogP contribution is 2.47. The van der Waals surface area contributed by atoms with E-state index in [-0.39, 0.29) is 12.0 Å². The first-order valence-electron chi connectivity index (χ1n) is 11.4. The molecule has 0 aromatic heterocycles. The number of rotatable bonds is 8. The first-order valence-corrected chi connectivity index (χ1v) is 11.4. The number of methoxy groups -OCH3 is 2. The molecule has 3 aromatic carbocycles. The summed E-state index contributed by atoms with van der Waals surface area (Å²) in [6.45, 7) is 2.76. The molecule has 34 heavy (non-hydrogen) atoms. The Labute approximate surface area is 201 Å². The lowest BCUT2D eigenvalue weighted by atomic mass is 9.87. The van der Waals surface area contributed by atoms with Crippen molar-refractivity contribution < 1.29 is 23.7 Å². The standard InChI is InChI=1S/C28H31NO5/c1-19(30)34-22-12-10-20(11-13-22)16-25-24-17-26(31-3)28(32-4)27(23(24)14-15-29(25)2)33-18-21-8-6-5-7-9-21/h5-13,17,25H,14-16,18H2,1-4H3/t25-/m0/s1. The van der Waals surface area contributed by atoms with Crippen LogP contribution in [0.2, 0.25) is 0 Å². The van der Waals surface area contributed by atoms with Gasteiger partial charge in [0.1, 0.15) is 12.4 Å². The fourth-order valence-electron chi connectivity index (χ4n) is 4.49. The van der Waals surface area contributed by atoms with Crippen molar-refractivity contribution in [1.82, 2.24) is 4.90 Å². The van der Waals surface area contributed by atoms with Crippen molar-refractivity contribution in [2.75, 3.05) is 27.8 Å². The predicted octanol–water partition coefficient (Wildman–Crippen LogP) is 4.98. The van der Waals surface area contributed by atoms with E-state index in [0.29, 0.717) is 23.9 Å². The third-order valence-electron chi connectivity index (χ3n) is 6.21. The first kappa shape index (κ1) is 23.6. The van der Waals surface area contributed by atoms with Crippen LogP contribution in [0.15, 0.2) is 60.7 Å². The van der Waals surface area contributed by atoms with Crippen molar-refractivity contribution in [1.29, 1.82) is 0 Å². The van der Waals surface area contributed by atoms with Gasteiger partial charge >= 0.3 is 5.97 Å². The second-order valence-electron chi connectivity index (χ2n) is 8.47. The normalized spacial score (nSPS) is 15.4. The molecule has 4 rings (SSSR count). The largest absolute Gasteiger partial charge is 0.493 e. The maximum absolute atomic E-state index is 11.2. The molecule has 0 bridgehead atoms. The molecular weight excluding hydrogens is 430 g/mol. The van der Waals surface area contributed by atoms with Gasteiger partial charge in [-0.05, 0) is 54.8 Å². The van der Waals surface area contributed by atoms with Crippen LogP contribution in [0, 0.1) is 0 Å². The lowest BCUT2D eigenvalue weighted by Crippen LogP contribution is -2.34. The van der Waals surface area contributed by atoms with E-state index in [1.807, 2.05) is 42.5 Å². The van der Waals surface area contributed by atoms with Crippen LogP contribution in [0.3, 0.4) is 0 Å². The summed E-state index contributed by atoms with van der Waals surface area (Å²) in [5, 5.41) is 0. The Morgan fingerprint density at radius 2 is 1.71 bits per heavy atom. The molecule has 0 fully saturated rings. The summed E-state index contributed by atoms with van der Waals surface area (Å²) in [5.74, 6) is 2.28. The zero-order valence-corrected chi connectivity index (χ0v) is 20.2. The maximum Gasteiger partial charge on any atom is 0.308 e. The van der Waals surface area contributed by atoms with Gasteiger partial charge in [0.15, 0.2) is 11.5 Å². The minimum atomic E-state index is -0.322. The molecule has 1 aliphatic heterocycles. The van der Waals surface area contributed by atoms with Crippen LogP contribution in [0.5, 0.6) is 23.0 Å². The molecule has 0 saturated carbocycles. The summed E-state index contributed by atoms with van der Waals surface area (Å²) < 4.78 is 23.0. The Kier molecular flexibility index (Phi) is 7.38. The van der Waals surface area contributed by atoms with E-state index >= 15 is 0 Å². The molecular formula is C28H31NO5. The number of hydrogen-bond acceptors (Lipinski definition) is 6. The first-order chi connectivity index (χ1) is 16.5. The molecule has 1 heterocycles. The highest BCUT2D eigenvalue weighted by atomic mass is 16.5. The average molecular weight is 462 g/mol. The number of esters is 1. The zero-order chi connectivity index (χ0) is 24.1. The van der Waals surface area contributed by atoms with Crippen LogP contribution in [0.1, 0.15) is 35.2 Å². The summed E-state index contributed by atoms with van der Waals surface area (Å²) in [5.41, 5.74) is 4.59. The van der Waals surface area contributed by atoms with Crippen LogP contribution in [-0.2, 0) is 24.2 Å². The SMILES string of the molecule is COc1cc2c(c(OCc3ccccc3)c1OC)CCN(C)[C@H]2Cc1ccc(OC(C)=O)cc1. The Morgan fingerprint density at radius 3 is 2.35 bits per heavy atom. The molecule has 0 saturated heterocycles. The van der Waals surface area contributed by atoms with Crippen LogP contribution in [0.4, 0.5) is 0 Å². The van der Waals surface area contributed by atoms with Gasteiger partial charge in [0.05, 0.1) is 14.2 Å². The number of ether oxygens (including phenoxy) is 4. The summed E-state index contributed by atoms with van der Waals surface area (Å²) in [4.78, 5) is 13.6. The molecule has 6 heteroatoms. The van der Waals surface area contributed by atoms with Gasteiger partial charge in [0.2, 0.25) is 5.75 Å². The van der Waals surface area contributed by atoms with Crippen molar-refractivity contribution >= 4 is 5.97 Å². The van der Waals surface area contributed by atoms with E-state index in [4.69, 9.17) is 18.9 Å². The Morgan fingerprint density at radius 1 is 0.971 bits per heavy atom. The van der Waals surface area contributed by atoms with Gasteiger partial charge in [-0.25, -0.2) is 0 Å². The number of nitrogens with zero attached hydrogens (tertiary/aromatic N) is 1. The van der Waals surface area contributed by atoms with Crippen LogP contribution in [-0.4, -0.2) is 38.7 Å².